The van der Waals surface area contributed by atoms with E-state index in [2.05, 4.69) is 51.9 Å². The zero-order valence-corrected chi connectivity index (χ0v) is 13.4. The van der Waals surface area contributed by atoms with E-state index < -0.39 is 0 Å². The maximum absolute atomic E-state index is 4.23. The summed E-state index contributed by atoms with van der Waals surface area (Å²) in [4.78, 5) is 4.22. The van der Waals surface area contributed by atoms with Crippen LogP contribution in [0.25, 0.3) is 5.69 Å². The summed E-state index contributed by atoms with van der Waals surface area (Å²) >= 11 is 0. The number of nitrogens with one attached hydrogen (secondary N) is 2. The number of hydrogen-bond donors (Lipinski definition) is 2. The van der Waals surface area contributed by atoms with E-state index in [1.54, 1.807) is 13.2 Å². The van der Waals surface area contributed by atoms with Crippen molar-refractivity contribution < 1.29 is 0 Å². The number of aromatic nitrogens is 2. The zero-order valence-electron chi connectivity index (χ0n) is 13.4. The number of hydrogen-bond acceptors (Lipinski definition) is 2. The fourth-order valence-electron chi connectivity index (χ4n) is 2.17. The van der Waals surface area contributed by atoms with Gasteiger partial charge in [0, 0.05) is 32.5 Å². The molecule has 1 aromatic heterocycles. The van der Waals surface area contributed by atoms with Gasteiger partial charge in [-0.25, -0.2) is 4.68 Å². The fourth-order valence-corrected chi connectivity index (χ4v) is 2.17. The molecule has 0 amide bonds. The van der Waals surface area contributed by atoms with Crippen molar-refractivity contribution in [3.63, 3.8) is 0 Å². The van der Waals surface area contributed by atoms with Crippen LogP contribution < -0.4 is 10.6 Å². The molecule has 0 aliphatic rings. The van der Waals surface area contributed by atoms with Gasteiger partial charge in [-0.15, -0.1) is 0 Å². The van der Waals surface area contributed by atoms with Crippen LogP contribution in [0, 0.1) is 0 Å². The van der Waals surface area contributed by atoms with Crippen molar-refractivity contribution in [2.75, 3.05) is 20.1 Å². The molecule has 0 aliphatic carbocycles. The number of benzene rings is 1. The predicted octanol–water partition coefficient (Wildman–Crippen LogP) is 2.38. The Hall–Kier alpha value is -2.30. The fraction of sp³-hybridized carbons (Fsp3) is 0.412. The van der Waals surface area contributed by atoms with Crippen LogP contribution >= 0.6 is 0 Å². The molecule has 118 valence electrons. The SMILES string of the molecule is CCCCNC(=NC)NCCc1ccc(-n2cccn2)cc1. The third-order valence-electron chi connectivity index (χ3n) is 3.46. The maximum atomic E-state index is 4.23. The quantitative estimate of drug-likeness (QED) is 0.469. The Morgan fingerprint density at radius 3 is 2.59 bits per heavy atom. The standard InChI is InChI=1S/C17H25N5/c1-3-4-11-19-17(18-2)20-13-10-15-6-8-16(9-7-15)22-14-5-12-21-22/h5-9,12,14H,3-4,10-11,13H2,1-2H3,(H2,18,19,20). The van der Waals surface area contributed by atoms with Gasteiger partial charge in [0.25, 0.3) is 0 Å². The predicted molar refractivity (Wildman–Crippen MR) is 91.5 cm³/mol. The van der Waals surface area contributed by atoms with Gasteiger partial charge >= 0.3 is 0 Å². The van der Waals surface area contributed by atoms with E-state index in [4.69, 9.17) is 0 Å². The van der Waals surface area contributed by atoms with Crippen molar-refractivity contribution in [3.05, 3.63) is 48.3 Å². The molecule has 0 bridgehead atoms. The second-order valence-corrected chi connectivity index (χ2v) is 5.15. The Labute approximate surface area is 132 Å². The van der Waals surface area contributed by atoms with Crippen LogP contribution in [0.15, 0.2) is 47.7 Å². The minimum atomic E-state index is 0.868. The van der Waals surface area contributed by atoms with Crippen molar-refractivity contribution in [2.45, 2.75) is 26.2 Å². The van der Waals surface area contributed by atoms with E-state index in [1.807, 2.05) is 16.9 Å². The Kier molecular flexibility index (Phi) is 6.48. The van der Waals surface area contributed by atoms with Crippen LogP contribution in [0.5, 0.6) is 0 Å². The molecule has 0 saturated carbocycles. The van der Waals surface area contributed by atoms with Crippen LogP contribution in [-0.4, -0.2) is 35.9 Å². The van der Waals surface area contributed by atoms with Gasteiger partial charge in [0.05, 0.1) is 5.69 Å². The van der Waals surface area contributed by atoms with Gasteiger partial charge in [-0.3, -0.25) is 4.99 Å². The van der Waals surface area contributed by atoms with Crippen LogP contribution in [-0.2, 0) is 6.42 Å². The van der Waals surface area contributed by atoms with Crippen molar-refractivity contribution in [1.82, 2.24) is 20.4 Å². The van der Waals surface area contributed by atoms with E-state index >= 15 is 0 Å². The summed E-state index contributed by atoms with van der Waals surface area (Å²) in [5.41, 5.74) is 2.38. The molecule has 1 heterocycles. The average molecular weight is 299 g/mol. The second kappa shape index (κ2) is 8.87. The van der Waals surface area contributed by atoms with Crippen LogP contribution in [0.3, 0.4) is 0 Å². The largest absolute Gasteiger partial charge is 0.356 e. The summed E-state index contributed by atoms with van der Waals surface area (Å²) in [6.07, 6.45) is 7.05. The maximum Gasteiger partial charge on any atom is 0.190 e. The lowest BCUT2D eigenvalue weighted by molar-refractivity contribution is 0.726. The Bertz CT molecular complexity index is 557. The summed E-state index contributed by atoms with van der Waals surface area (Å²) in [7, 11) is 1.81. The lowest BCUT2D eigenvalue weighted by Gasteiger charge is -2.11. The first-order valence-electron chi connectivity index (χ1n) is 7.87. The minimum Gasteiger partial charge on any atom is -0.356 e. The highest BCUT2D eigenvalue weighted by Gasteiger charge is 1.99. The molecule has 5 nitrogen and oxygen atoms in total. The molecule has 0 atom stereocenters. The molecular formula is C17H25N5. The third-order valence-corrected chi connectivity index (χ3v) is 3.46. The molecule has 2 aromatic rings. The van der Waals surface area contributed by atoms with E-state index in [1.165, 1.54) is 12.0 Å². The van der Waals surface area contributed by atoms with E-state index in [0.29, 0.717) is 0 Å². The van der Waals surface area contributed by atoms with Crippen molar-refractivity contribution in [2.24, 2.45) is 4.99 Å². The molecule has 0 aliphatic heterocycles. The molecular weight excluding hydrogens is 274 g/mol. The summed E-state index contributed by atoms with van der Waals surface area (Å²) in [6, 6.07) is 10.4. The van der Waals surface area contributed by atoms with Crippen molar-refractivity contribution >= 4 is 5.96 Å². The van der Waals surface area contributed by atoms with E-state index in [0.717, 1.165) is 37.6 Å². The van der Waals surface area contributed by atoms with Gasteiger partial charge in [-0.05, 0) is 36.6 Å². The summed E-state index contributed by atoms with van der Waals surface area (Å²) < 4.78 is 1.86. The third kappa shape index (κ3) is 4.91. The lowest BCUT2D eigenvalue weighted by Crippen LogP contribution is -2.38. The Morgan fingerprint density at radius 2 is 1.95 bits per heavy atom. The van der Waals surface area contributed by atoms with Crippen molar-refractivity contribution in [1.29, 1.82) is 0 Å². The Morgan fingerprint density at radius 1 is 1.18 bits per heavy atom. The van der Waals surface area contributed by atoms with Gasteiger partial charge in [0.1, 0.15) is 0 Å². The number of aliphatic imine (C=N–C) groups is 1. The van der Waals surface area contributed by atoms with Gasteiger partial charge < -0.3 is 10.6 Å². The van der Waals surface area contributed by atoms with Crippen molar-refractivity contribution in [3.8, 4) is 5.69 Å². The summed E-state index contributed by atoms with van der Waals surface area (Å²) in [6.45, 7) is 4.02. The van der Waals surface area contributed by atoms with E-state index in [-0.39, 0.29) is 0 Å². The first kappa shape index (κ1) is 16.1. The molecule has 22 heavy (non-hydrogen) atoms. The molecule has 0 saturated heterocycles. The average Bonchev–Trinajstić information content (AvgIpc) is 3.08. The van der Waals surface area contributed by atoms with Gasteiger partial charge in [0.15, 0.2) is 5.96 Å². The summed E-state index contributed by atoms with van der Waals surface area (Å²) in [5, 5.41) is 10.9. The first-order chi connectivity index (χ1) is 10.8. The smallest absolute Gasteiger partial charge is 0.190 e. The monoisotopic (exact) mass is 299 g/mol. The lowest BCUT2D eigenvalue weighted by atomic mass is 10.1. The number of unbranched alkanes of at least 4 members (excludes halogenated alkanes) is 1. The highest BCUT2D eigenvalue weighted by atomic mass is 15.3. The normalized spacial score (nSPS) is 11.5. The molecule has 0 radical (unpaired) electrons. The highest BCUT2D eigenvalue weighted by Crippen LogP contribution is 2.08. The van der Waals surface area contributed by atoms with Gasteiger partial charge in [0.2, 0.25) is 0 Å². The molecule has 0 fully saturated rings. The molecule has 2 rings (SSSR count). The second-order valence-electron chi connectivity index (χ2n) is 5.15. The molecule has 2 N–H and O–H groups in total. The van der Waals surface area contributed by atoms with Gasteiger partial charge in [-0.1, -0.05) is 25.5 Å². The topological polar surface area (TPSA) is 54.2 Å². The molecule has 1 aromatic carbocycles. The molecule has 0 spiro atoms. The molecule has 0 unspecified atom stereocenters. The number of guanidine groups is 1. The summed E-state index contributed by atoms with van der Waals surface area (Å²) in [5.74, 6) is 0.876. The molecule has 5 heteroatoms. The minimum absolute atomic E-state index is 0.868. The van der Waals surface area contributed by atoms with Crippen LogP contribution in [0.1, 0.15) is 25.3 Å². The number of rotatable bonds is 7. The van der Waals surface area contributed by atoms with Gasteiger partial charge in [-0.2, -0.15) is 5.10 Å². The van der Waals surface area contributed by atoms with E-state index in [9.17, 15) is 0 Å². The Balaban J connectivity index is 1.77. The highest BCUT2D eigenvalue weighted by molar-refractivity contribution is 5.79. The van der Waals surface area contributed by atoms with Crippen LogP contribution in [0.4, 0.5) is 0 Å². The zero-order chi connectivity index (χ0) is 15.6. The number of nitrogens with zero attached hydrogens (tertiary/aromatic N) is 3. The first-order valence-corrected chi connectivity index (χ1v) is 7.87. The van der Waals surface area contributed by atoms with Crippen LogP contribution in [0.2, 0.25) is 0 Å².